The Kier molecular flexibility index (Phi) is 5.13. The molecule has 2 rings (SSSR count). The topological polar surface area (TPSA) is 75.0 Å². The Bertz CT molecular complexity index is 668. The van der Waals surface area contributed by atoms with E-state index in [4.69, 9.17) is 21.6 Å². The van der Waals surface area contributed by atoms with Gasteiger partial charge in [-0.05, 0) is 24.3 Å². The van der Waals surface area contributed by atoms with Gasteiger partial charge in [-0.25, -0.2) is 0 Å². The average Bonchev–Trinajstić information content (AvgIpc) is 2.48. The Labute approximate surface area is 127 Å². The molecular formula is C15H12ClN3O2. The van der Waals surface area contributed by atoms with Gasteiger partial charge in [0, 0.05) is 23.6 Å². The van der Waals surface area contributed by atoms with Gasteiger partial charge in [-0.3, -0.25) is 9.78 Å². The summed E-state index contributed by atoms with van der Waals surface area (Å²) in [7, 11) is 0. The number of benzene rings is 1. The molecule has 1 aromatic heterocycles. The van der Waals surface area contributed by atoms with Gasteiger partial charge in [0.2, 0.25) is 5.91 Å². The first kappa shape index (κ1) is 14.8. The van der Waals surface area contributed by atoms with Crippen LogP contribution in [0.25, 0.3) is 0 Å². The summed E-state index contributed by atoms with van der Waals surface area (Å²) in [5.74, 6) is 0.136. The smallest absolute Gasteiger partial charge is 0.238 e. The molecule has 0 aliphatic rings. The second kappa shape index (κ2) is 7.27. The summed E-state index contributed by atoms with van der Waals surface area (Å²) < 4.78 is 5.59. The molecule has 6 heteroatoms. The van der Waals surface area contributed by atoms with Gasteiger partial charge in [0.05, 0.1) is 11.1 Å². The highest BCUT2D eigenvalue weighted by Gasteiger charge is 2.06. The molecule has 1 amide bonds. The fraction of sp³-hybridized carbons (Fsp3) is 0.133. The van der Waals surface area contributed by atoms with Crippen molar-refractivity contribution in [1.29, 1.82) is 5.26 Å². The minimum atomic E-state index is -0.377. The van der Waals surface area contributed by atoms with E-state index in [1.807, 2.05) is 12.1 Å². The van der Waals surface area contributed by atoms with E-state index >= 15 is 0 Å². The summed E-state index contributed by atoms with van der Waals surface area (Å²) in [5.41, 5.74) is 1.45. The number of nitrogens with zero attached hydrogens (tertiary/aromatic N) is 2. The number of carbonyl (C=O) groups is 1. The van der Waals surface area contributed by atoms with Crippen LogP contribution in [0.5, 0.6) is 5.75 Å². The molecule has 0 spiro atoms. The largest absolute Gasteiger partial charge is 0.487 e. The van der Waals surface area contributed by atoms with Crippen LogP contribution in [0, 0.1) is 11.3 Å². The number of pyridine rings is 1. The van der Waals surface area contributed by atoms with Crippen LogP contribution in [0.4, 0.5) is 5.69 Å². The third-order valence-corrected chi connectivity index (χ3v) is 2.87. The number of anilines is 1. The molecular weight excluding hydrogens is 290 g/mol. The molecule has 106 valence electrons. The first-order valence-electron chi connectivity index (χ1n) is 6.17. The number of aromatic nitrogens is 1. The molecule has 2 aromatic rings. The van der Waals surface area contributed by atoms with Crippen molar-refractivity contribution in [1.82, 2.24) is 4.98 Å². The number of amides is 1. The summed E-state index contributed by atoms with van der Waals surface area (Å²) in [6.45, 7) is 0.355. The van der Waals surface area contributed by atoms with Gasteiger partial charge < -0.3 is 10.1 Å². The van der Waals surface area contributed by atoms with Crippen LogP contribution in [-0.2, 0) is 11.4 Å². The van der Waals surface area contributed by atoms with E-state index in [9.17, 15) is 4.79 Å². The van der Waals surface area contributed by atoms with Crippen LogP contribution in [-0.4, -0.2) is 10.9 Å². The zero-order valence-electron chi connectivity index (χ0n) is 11.0. The van der Waals surface area contributed by atoms with E-state index < -0.39 is 0 Å². The van der Waals surface area contributed by atoms with Crippen molar-refractivity contribution in [2.45, 2.75) is 13.0 Å². The molecule has 21 heavy (non-hydrogen) atoms. The monoisotopic (exact) mass is 301 g/mol. The second-order valence-electron chi connectivity index (χ2n) is 4.18. The first-order chi connectivity index (χ1) is 10.2. The van der Waals surface area contributed by atoms with Crippen LogP contribution >= 0.6 is 11.6 Å². The predicted octanol–water partition coefficient (Wildman–Crippen LogP) is 3.17. The SMILES string of the molecule is N#CCC(=O)Nc1ccc(OCc2cccnc2)c(Cl)c1. The molecule has 0 radical (unpaired) electrons. The number of ether oxygens (including phenoxy) is 1. The molecule has 1 aromatic carbocycles. The van der Waals surface area contributed by atoms with Gasteiger partial charge in [-0.2, -0.15) is 5.26 Å². The predicted molar refractivity (Wildman–Crippen MR) is 78.9 cm³/mol. The van der Waals surface area contributed by atoms with Crippen molar-refractivity contribution < 1.29 is 9.53 Å². The Morgan fingerprint density at radius 3 is 2.95 bits per heavy atom. The number of halogens is 1. The Morgan fingerprint density at radius 1 is 1.43 bits per heavy atom. The van der Waals surface area contributed by atoms with Gasteiger partial charge in [-0.1, -0.05) is 17.7 Å². The van der Waals surface area contributed by atoms with Crippen molar-refractivity contribution in [3.8, 4) is 11.8 Å². The quantitative estimate of drug-likeness (QED) is 0.920. The lowest BCUT2D eigenvalue weighted by atomic mass is 10.2. The van der Waals surface area contributed by atoms with Crippen LogP contribution < -0.4 is 10.1 Å². The fourth-order valence-electron chi connectivity index (χ4n) is 1.62. The van der Waals surface area contributed by atoms with Crippen molar-refractivity contribution in [2.24, 2.45) is 0 Å². The summed E-state index contributed by atoms with van der Waals surface area (Å²) in [6.07, 6.45) is 3.20. The number of nitriles is 1. The maximum atomic E-state index is 11.3. The Balaban J connectivity index is 1.99. The summed E-state index contributed by atoms with van der Waals surface area (Å²) in [4.78, 5) is 15.3. The minimum absolute atomic E-state index is 0.198. The number of hydrogen-bond acceptors (Lipinski definition) is 4. The maximum Gasteiger partial charge on any atom is 0.238 e. The average molecular weight is 302 g/mol. The van der Waals surface area contributed by atoms with Crippen LogP contribution in [0.1, 0.15) is 12.0 Å². The van der Waals surface area contributed by atoms with E-state index in [0.29, 0.717) is 23.1 Å². The highest BCUT2D eigenvalue weighted by Crippen LogP contribution is 2.28. The standard InChI is InChI=1S/C15H12ClN3O2/c16-13-8-12(19-15(20)5-6-17)3-4-14(13)21-10-11-2-1-7-18-9-11/h1-4,7-9H,5,10H2,(H,19,20). The lowest BCUT2D eigenvalue weighted by molar-refractivity contribution is -0.115. The third kappa shape index (κ3) is 4.48. The van der Waals surface area contributed by atoms with Gasteiger partial charge >= 0.3 is 0 Å². The molecule has 1 N–H and O–H groups in total. The van der Waals surface area contributed by atoms with Crippen molar-refractivity contribution in [3.05, 3.63) is 53.3 Å². The first-order valence-corrected chi connectivity index (χ1v) is 6.55. The van der Waals surface area contributed by atoms with Gasteiger partial charge in [0.25, 0.3) is 0 Å². The summed E-state index contributed by atoms with van der Waals surface area (Å²) in [6, 6.07) is 10.4. The molecule has 0 saturated carbocycles. The molecule has 0 atom stereocenters. The third-order valence-electron chi connectivity index (χ3n) is 2.57. The van der Waals surface area contributed by atoms with Gasteiger partial charge in [0.1, 0.15) is 18.8 Å². The van der Waals surface area contributed by atoms with E-state index in [1.165, 1.54) is 0 Å². The fourth-order valence-corrected chi connectivity index (χ4v) is 1.85. The molecule has 0 saturated heterocycles. The van der Waals surface area contributed by atoms with E-state index in [-0.39, 0.29) is 12.3 Å². The van der Waals surface area contributed by atoms with Gasteiger partial charge in [-0.15, -0.1) is 0 Å². The zero-order chi connectivity index (χ0) is 15.1. The van der Waals surface area contributed by atoms with Crippen molar-refractivity contribution >= 4 is 23.2 Å². The molecule has 0 fully saturated rings. The lowest BCUT2D eigenvalue weighted by Crippen LogP contribution is -2.10. The molecule has 0 aliphatic heterocycles. The lowest BCUT2D eigenvalue weighted by Gasteiger charge is -2.10. The molecule has 0 unspecified atom stereocenters. The van der Waals surface area contributed by atoms with Crippen molar-refractivity contribution in [3.63, 3.8) is 0 Å². The molecule has 0 aliphatic carbocycles. The second-order valence-corrected chi connectivity index (χ2v) is 4.59. The normalized spacial score (nSPS) is 9.71. The minimum Gasteiger partial charge on any atom is -0.487 e. The zero-order valence-corrected chi connectivity index (χ0v) is 11.8. The Morgan fingerprint density at radius 2 is 2.29 bits per heavy atom. The van der Waals surface area contributed by atoms with Crippen LogP contribution in [0.3, 0.4) is 0 Å². The van der Waals surface area contributed by atoms with E-state index in [0.717, 1.165) is 5.56 Å². The Hall–Kier alpha value is -2.58. The van der Waals surface area contributed by atoms with E-state index in [2.05, 4.69) is 10.3 Å². The van der Waals surface area contributed by atoms with Crippen LogP contribution in [0.2, 0.25) is 5.02 Å². The highest BCUT2D eigenvalue weighted by atomic mass is 35.5. The van der Waals surface area contributed by atoms with Crippen molar-refractivity contribution in [2.75, 3.05) is 5.32 Å². The summed E-state index contributed by atoms with van der Waals surface area (Å²) in [5, 5.41) is 11.4. The van der Waals surface area contributed by atoms with E-state index in [1.54, 1.807) is 36.7 Å². The number of rotatable bonds is 5. The van der Waals surface area contributed by atoms with Gasteiger partial charge in [0.15, 0.2) is 0 Å². The number of nitrogens with one attached hydrogen (secondary N) is 1. The molecule has 5 nitrogen and oxygen atoms in total. The molecule has 1 heterocycles. The maximum absolute atomic E-state index is 11.3. The highest BCUT2D eigenvalue weighted by molar-refractivity contribution is 6.32. The molecule has 0 bridgehead atoms. The number of carbonyl (C=O) groups excluding carboxylic acids is 1. The number of hydrogen-bond donors (Lipinski definition) is 1. The summed E-state index contributed by atoms with van der Waals surface area (Å²) >= 11 is 6.10. The van der Waals surface area contributed by atoms with Crippen LogP contribution in [0.15, 0.2) is 42.7 Å².